The number of rotatable bonds is 6. The van der Waals surface area contributed by atoms with Crippen LogP contribution in [0.2, 0.25) is 0 Å². The second-order valence-electron chi connectivity index (χ2n) is 4.55. The van der Waals surface area contributed by atoms with Gasteiger partial charge in [-0.15, -0.1) is 0 Å². The van der Waals surface area contributed by atoms with Gasteiger partial charge in [0.25, 0.3) is 0 Å². The van der Waals surface area contributed by atoms with Crippen molar-refractivity contribution in [3.63, 3.8) is 0 Å². The van der Waals surface area contributed by atoms with Crippen LogP contribution in [0.4, 0.5) is 0 Å². The highest BCUT2D eigenvalue weighted by atomic mass is 15.3. The third-order valence-electron chi connectivity index (χ3n) is 3.21. The SMILES string of the molecule is CC(CC1CCC1)NCCn1cncn1. The molecular formula is C11H20N4. The van der Waals surface area contributed by atoms with E-state index in [1.54, 1.807) is 12.7 Å². The highest BCUT2D eigenvalue weighted by Gasteiger charge is 2.19. The average Bonchev–Trinajstić information content (AvgIpc) is 2.64. The fraction of sp³-hybridized carbons (Fsp3) is 0.818. The van der Waals surface area contributed by atoms with Crippen molar-refractivity contribution in [1.82, 2.24) is 20.1 Å². The molecule has 1 atom stereocenters. The average molecular weight is 208 g/mol. The zero-order chi connectivity index (χ0) is 10.5. The highest BCUT2D eigenvalue weighted by molar-refractivity contribution is 4.74. The molecule has 0 amide bonds. The van der Waals surface area contributed by atoms with Gasteiger partial charge in [0.15, 0.2) is 0 Å². The van der Waals surface area contributed by atoms with E-state index in [4.69, 9.17) is 0 Å². The van der Waals surface area contributed by atoms with E-state index in [0.29, 0.717) is 6.04 Å². The maximum Gasteiger partial charge on any atom is 0.137 e. The molecule has 0 aliphatic heterocycles. The summed E-state index contributed by atoms with van der Waals surface area (Å²) in [6.07, 6.45) is 8.99. The van der Waals surface area contributed by atoms with Crippen LogP contribution in [0.15, 0.2) is 12.7 Å². The Labute approximate surface area is 91.1 Å². The third-order valence-corrected chi connectivity index (χ3v) is 3.21. The summed E-state index contributed by atoms with van der Waals surface area (Å²) in [6, 6.07) is 0.638. The molecule has 1 saturated carbocycles. The van der Waals surface area contributed by atoms with Crippen molar-refractivity contribution in [2.45, 2.75) is 45.2 Å². The first kappa shape index (κ1) is 10.6. The van der Waals surface area contributed by atoms with Crippen LogP contribution in [0.1, 0.15) is 32.6 Å². The molecule has 15 heavy (non-hydrogen) atoms. The second-order valence-corrected chi connectivity index (χ2v) is 4.55. The fourth-order valence-electron chi connectivity index (χ4n) is 2.09. The number of hydrogen-bond acceptors (Lipinski definition) is 3. The van der Waals surface area contributed by atoms with Crippen LogP contribution in [0, 0.1) is 5.92 Å². The Balaban J connectivity index is 1.56. The Bertz CT molecular complexity index is 266. The van der Waals surface area contributed by atoms with Gasteiger partial charge in [0.05, 0.1) is 6.54 Å². The molecule has 0 spiro atoms. The molecule has 1 unspecified atom stereocenters. The van der Waals surface area contributed by atoms with E-state index in [2.05, 4.69) is 22.3 Å². The van der Waals surface area contributed by atoms with Crippen molar-refractivity contribution in [2.75, 3.05) is 6.54 Å². The van der Waals surface area contributed by atoms with Crippen molar-refractivity contribution in [1.29, 1.82) is 0 Å². The van der Waals surface area contributed by atoms with E-state index < -0.39 is 0 Å². The van der Waals surface area contributed by atoms with Crippen LogP contribution in [0.5, 0.6) is 0 Å². The van der Waals surface area contributed by atoms with Gasteiger partial charge >= 0.3 is 0 Å². The first-order chi connectivity index (χ1) is 7.34. The summed E-state index contributed by atoms with van der Waals surface area (Å²) >= 11 is 0. The van der Waals surface area contributed by atoms with Gasteiger partial charge in [-0.3, -0.25) is 4.68 Å². The van der Waals surface area contributed by atoms with Crippen LogP contribution in [-0.2, 0) is 6.54 Å². The highest BCUT2D eigenvalue weighted by Crippen LogP contribution is 2.30. The van der Waals surface area contributed by atoms with Gasteiger partial charge in [-0.25, -0.2) is 4.98 Å². The van der Waals surface area contributed by atoms with Crippen LogP contribution < -0.4 is 5.32 Å². The zero-order valence-corrected chi connectivity index (χ0v) is 9.39. The Morgan fingerprint density at radius 2 is 2.40 bits per heavy atom. The van der Waals surface area contributed by atoms with Crippen molar-refractivity contribution >= 4 is 0 Å². The summed E-state index contributed by atoms with van der Waals surface area (Å²) < 4.78 is 1.86. The minimum absolute atomic E-state index is 0.638. The minimum atomic E-state index is 0.638. The molecule has 4 heteroatoms. The first-order valence-corrected chi connectivity index (χ1v) is 5.90. The lowest BCUT2D eigenvalue weighted by Gasteiger charge is -2.28. The van der Waals surface area contributed by atoms with Gasteiger partial charge < -0.3 is 5.32 Å². The lowest BCUT2D eigenvalue weighted by Crippen LogP contribution is -2.32. The van der Waals surface area contributed by atoms with Gasteiger partial charge in [0, 0.05) is 12.6 Å². The fourth-order valence-corrected chi connectivity index (χ4v) is 2.09. The van der Waals surface area contributed by atoms with Gasteiger partial charge in [-0.2, -0.15) is 5.10 Å². The first-order valence-electron chi connectivity index (χ1n) is 5.90. The van der Waals surface area contributed by atoms with Gasteiger partial charge in [0.1, 0.15) is 12.7 Å². The number of nitrogens with zero attached hydrogens (tertiary/aromatic N) is 3. The second kappa shape index (κ2) is 5.26. The summed E-state index contributed by atoms with van der Waals surface area (Å²) in [5.74, 6) is 0.985. The van der Waals surface area contributed by atoms with Crippen molar-refractivity contribution in [3.8, 4) is 0 Å². The molecular weight excluding hydrogens is 188 g/mol. The third kappa shape index (κ3) is 3.30. The molecule has 1 aliphatic carbocycles. The molecule has 1 N–H and O–H groups in total. The van der Waals surface area contributed by atoms with E-state index in [-0.39, 0.29) is 0 Å². The number of hydrogen-bond donors (Lipinski definition) is 1. The Morgan fingerprint density at radius 1 is 1.53 bits per heavy atom. The molecule has 84 valence electrons. The molecule has 1 aliphatic rings. The zero-order valence-electron chi connectivity index (χ0n) is 9.39. The molecule has 1 aromatic rings. The Morgan fingerprint density at radius 3 is 3.00 bits per heavy atom. The van der Waals surface area contributed by atoms with E-state index >= 15 is 0 Å². The van der Waals surface area contributed by atoms with E-state index in [9.17, 15) is 0 Å². The largest absolute Gasteiger partial charge is 0.312 e. The Hall–Kier alpha value is -0.900. The lowest BCUT2D eigenvalue weighted by molar-refractivity contribution is 0.265. The smallest absolute Gasteiger partial charge is 0.137 e. The minimum Gasteiger partial charge on any atom is -0.312 e. The molecule has 1 heterocycles. The number of nitrogens with one attached hydrogen (secondary N) is 1. The molecule has 0 bridgehead atoms. The monoisotopic (exact) mass is 208 g/mol. The van der Waals surface area contributed by atoms with Crippen LogP contribution in [-0.4, -0.2) is 27.4 Å². The van der Waals surface area contributed by atoms with Gasteiger partial charge in [0.2, 0.25) is 0 Å². The quantitative estimate of drug-likeness (QED) is 0.769. The molecule has 1 aromatic heterocycles. The van der Waals surface area contributed by atoms with Crippen molar-refractivity contribution in [3.05, 3.63) is 12.7 Å². The molecule has 2 rings (SSSR count). The molecule has 0 aromatic carbocycles. The summed E-state index contributed by atoms with van der Waals surface area (Å²) in [7, 11) is 0. The van der Waals surface area contributed by atoms with Crippen LogP contribution in [0.25, 0.3) is 0 Å². The number of aromatic nitrogens is 3. The lowest BCUT2D eigenvalue weighted by atomic mass is 9.81. The molecule has 0 radical (unpaired) electrons. The predicted molar refractivity (Wildman–Crippen MR) is 59.4 cm³/mol. The maximum absolute atomic E-state index is 4.07. The van der Waals surface area contributed by atoms with E-state index in [0.717, 1.165) is 19.0 Å². The van der Waals surface area contributed by atoms with E-state index in [1.807, 2.05) is 4.68 Å². The topological polar surface area (TPSA) is 42.7 Å². The van der Waals surface area contributed by atoms with Crippen molar-refractivity contribution < 1.29 is 0 Å². The van der Waals surface area contributed by atoms with Crippen LogP contribution in [0.3, 0.4) is 0 Å². The van der Waals surface area contributed by atoms with E-state index in [1.165, 1.54) is 25.7 Å². The van der Waals surface area contributed by atoms with Crippen LogP contribution >= 0.6 is 0 Å². The summed E-state index contributed by atoms with van der Waals surface area (Å²) in [6.45, 7) is 4.17. The van der Waals surface area contributed by atoms with Gasteiger partial charge in [-0.1, -0.05) is 19.3 Å². The Kier molecular flexibility index (Phi) is 3.72. The molecule has 4 nitrogen and oxygen atoms in total. The standard InChI is InChI=1S/C11H20N4/c1-10(7-11-3-2-4-11)13-5-6-15-9-12-8-14-15/h8-11,13H,2-7H2,1H3. The maximum atomic E-state index is 4.07. The summed E-state index contributed by atoms with van der Waals surface area (Å²) in [4.78, 5) is 3.91. The van der Waals surface area contributed by atoms with Gasteiger partial charge in [-0.05, 0) is 19.3 Å². The van der Waals surface area contributed by atoms with Crippen molar-refractivity contribution in [2.24, 2.45) is 5.92 Å². The molecule has 1 fully saturated rings. The normalized spacial score (nSPS) is 18.7. The predicted octanol–water partition coefficient (Wildman–Crippen LogP) is 1.45. The summed E-state index contributed by atoms with van der Waals surface area (Å²) in [5, 5.41) is 7.60. The summed E-state index contributed by atoms with van der Waals surface area (Å²) in [5.41, 5.74) is 0. The molecule has 0 saturated heterocycles.